The molecule has 0 spiro atoms. The average Bonchev–Trinajstić information content (AvgIpc) is 2.96. The summed E-state index contributed by atoms with van der Waals surface area (Å²) < 4.78 is 0. The van der Waals surface area contributed by atoms with Gasteiger partial charge in [0.2, 0.25) is 0 Å². The molecule has 128 valence electrons. The quantitative estimate of drug-likeness (QED) is 0.803. The second-order valence-corrected chi connectivity index (χ2v) is 7.13. The zero-order chi connectivity index (χ0) is 17.6. The number of rotatable bonds is 4. The molecule has 2 aromatic rings. The van der Waals surface area contributed by atoms with Crippen molar-refractivity contribution >= 4 is 46.8 Å². The third-order valence-electron chi connectivity index (χ3n) is 3.77. The summed E-state index contributed by atoms with van der Waals surface area (Å²) in [6, 6.07) is 17.9. The molecular weight excluding hydrogens is 350 g/mol. The Morgan fingerprint density at radius 1 is 1.20 bits per heavy atom. The number of thioether (sulfide) groups is 1. The first-order valence-corrected chi connectivity index (χ1v) is 9.39. The Kier molecular flexibility index (Phi) is 5.73. The lowest BCUT2D eigenvalue weighted by Gasteiger charge is -2.24. The molecule has 6 heteroatoms. The predicted octanol–water partition coefficient (Wildman–Crippen LogP) is 3.81. The first kappa shape index (κ1) is 17.5. The number of carbonyl (C=O) groups excluding carboxylic acids is 1. The minimum Gasteiger partial charge on any atom is -0.331 e. The Morgan fingerprint density at radius 2 is 1.92 bits per heavy atom. The Morgan fingerprint density at radius 3 is 2.68 bits per heavy atom. The Balaban J connectivity index is 1.65. The maximum Gasteiger partial charge on any atom is 0.252 e. The molecule has 1 heterocycles. The van der Waals surface area contributed by atoms with E-state index in [1.165, 1.54) is 0 Å². The van der Waals surface area contributed by atoms with E-state index in [4.69, 9.17) is 12.2 Å². The van der Waals surface area contributed by atoms with E-state index < -0.39 is 0 Å². The summed E-state index contributed by atoms with van der Waals surface area (Å²) in [5, 5.41) is 5.04. The van der Waals surface area contributed by atoms with E-state index in [9.17, 15) is 4.79 Å². The molecule has 0 bridgehead atoms. The van der Waals surface area contributed by atoms with Crippen molar-refractivity contribution < 1.29 is 4.79 Å². The molecule has 1 aliphatic rings. The van der Waals surface area contributed by atoms with Crippen molar-refractivity contribution in [1.29, 1.82) is 0 Å². The standard InChI is InChI=1S/C19H19N3OS2/c1-14-7-5-6-10-16(14)20-19(24)21-22-17(23)13-25-18(22)12-11-15-8-3-2-4-9-15/h2-12,18H,13H2,1H3,(H2,20,21,24)/b12-11+. The number of aryl methyl sites for hydroxylation is 1. The average molecular weight is 370 g/mol. The zero-order valence-electron chi connectivity index (χ0n) is 13.8. The SMILES string of the molecule is Cc1ccccc1NC(=S)NN1C(=O)CSC1/C=C/c1ccccc1. The molecular formula is C19H19N3OS2. The summed E-state index contributed by atoms with van der Waals surface area (Å²) >= 11 is 6.94. The van der Waals surface area contributed by atoms with Gasteiger partial charge in [-0.1, -0.05) is 54.6 Å². The van der Waals surface area contributed by atoms with E-state index >= 15 is 0 Å². The lowest BCUT2D eigenvalue weighted by atomic mass is 10.2. The molecule has 3 rings (SSSR count). The van der Waals surface area contributed by atoms with E-state index in [2.05, 4.69) is 10.7 Å². The normalized spacial score (nSPS) is 17.1. The molecule has 0 saturated carbocycles. The van der Waals surface area contributed by atoms with Crippen molar-refractivity contribution in [1.82, 2.24) is 10.4 Å². The topological polar surface area (TPSA) is 44.4 Å². The van der Waals surface area contributed by atoms with Gasteiger partial charge in [0.15, 0.2) is 5.11 Å². The minimum atomic E-state index is -0.0932. The van der Waals surface area contributed by atoms with Gasteiger partial charge in [0.05, 0.1) is 5.75 Å². The van der Waals surface area contributed by atoms with Crippen molar-refractivity contribution in [3.05, 3.63) is 71.8 Å². The number of hydrazine groups is 1. The molecule has 1 saturated heterocycles. The van der Waals surface area contributed by atoms with E-state index in [0.717, 1.165) is 16.8 Å². The van der Waals surface area contributed by atoms with Gasteiger partial charge in [0, 0.05) is 5.69 Å². The van der Waals surface area contributed by atoms with Crippen LogP contribution in [0.4, 0.5) is 5.69 Å². The fourth-order valence-corrected chi connectivity index (χ4v) is 3.61. The van der Waals surface area contributed by atoms with Gasteiger partial charge in [-0.25, -0.2) is 5.01 Å². The molecule has 0 aliphatic carbocycles. The van der Waals surface area contributed by atoms with E-state index in [1.807, 2.05) is 73.7 Å². The van der Waals surface area contributed by atoms with Crippen LogP contribution in [0.5, 0.6) is 0 Å². The number of nitrogens with zero attached hydrogens (tertiary/aromatic N) is 1. The summed E-state index contributed by atoms with van der Waals surface area (Å²) in [5.74, 6) is 0.450. The zero-order valence-corrected chi connectivity index (χ0v) is 15.4. The van der Waals surface area contributed by atoms with Crippen molar-refractivity contribution in [2.75, 3.05) is 11.1 Å². The van der Waals surface area contributed by atoms with Gasteiger partial charge in [-0.3, -0.25) is 10.2 Å². The number of thiocarbonyl (C=S) groups is 1. The molecule has 0 radical (unpaired) electrons. The first-order chi connectivity index (χ1) is 12.1. The summed E-state index contributed by atoms with van der Waals surface area (Å²) in [6.07, 6.45) is 4.02. The van der Waals surface area contributed by atoms with E-state index in [0.29, 0.717) is 10.9 Å². The molecule has 2 N–H and O–H groups in total. The van der Waals surface area contributed by atoms with Gasteiger partial charge < -0.3 is 5.32 Å². The first-order valence-electron chi connectivity index (χ1n) is 7.93. The number of carbonyl (C=O) groups is 1. The van der Waals surface area contributed by atoms with Gasteiger partial charge in [-0.2, -0.15) is 0 Å². The van der Waals surface area contributed by atoms with Crippen LogP contribution in [0.3, 0.4) is 0 Å². The van der Waals surface area contributed by atoms with Crippen LogP contribution in [0.2, 0.25) is 0 Å². The Bertz CT molecular complexity index is 792. The molecule has 1 fully saturated rings. The highest BCUT2D eigenvalue weighted by atomic mass is 32.2. The summed E-state index contributed by atoms with van der Waals surface area (Å²) in [4.78, 5) is 12.2. The number of hydrogen-bond donors (Lipinski definition) is 2. The van der Waals surface area contributed by atoms with Crippen LogP contribution < -0.4 is 10.7 Å². The van der Waals surface area contributed by atoms with E-state index in [1.54, 1.807) is 16.8 Å². The molecule has 4 nitrogen and oxygen atoms in total. The van der Waals surface area contributed by atoms with Crippen LogP contribution >= 0.6 is 24.0 Å². The van der Waals surface area contributed by atoms with Gasteiger partial charge in [-0.15, -0.1) is 11.8 Å². The monoisotopic (exact) mass is 369 g/mol. The van der Waals surface area contributed by atoms with Crippen LogP contribution in [0.15, 0.2) is 60.7 Å². The molecule has 25 heavy (non-hydrogen) atoms. The fourth-order valence-electron chi connectivity index (χ4n) is 2.44. The van der Waals surface area contributed by atoms with Crippen molar-refractivity contribution in [2.45, 2.75) is 12.3 Å². The maximum atomic E-state index is 12.2. The Labute approximate surface area is 157 Å². The van der Waals surface area contributed by atoms with Gasteiger partial charge in [0.1, 0.15) is 5.37 Å². The second kappa shape index (κ2) is 8.18. The number of hydrogen-bond acceptors (Lipinski definition) is 3. The van der Waals surface area contributed by atoms with Crippen molar-refractivity contribution in [3.8, 4) is 0 Å². The van der Waals surface area contributed by atoms with E-state index in [-0.39, 0.29) is 11.3 Å². The van der Waals surface area contributed by atoms with Crippen molar-refractivity contribution in [3.63, 3.8) is 0 Å². The smallest absolute Gasteiger partial charge is 0.252 e. The van der Waals surface area contributed by atoms with Gasteiger partial charge >= 0.3 is 0 Å². The molecule has 2 aromatic carbocycles. The summed E-state index contributed by atoms with van der Waals surface area (Å²) in [5.41, 5.74) is 6.14. The molecule has 1 atom stereocenters. The molecule has 1 aliphatic heterocycles. The Hall–Kier alpha value is -2.31. The predicted molar refractivity (Wildman–Crippen MR) is 109 cm³/mol. The highest BCUT2D eigenvalue weighted by molar-refractivity contribution is 8.01. The number of para-hydroxylation sites is 1. The minimum absolute atomic E-state index is 0.0154. The highest BCUT2D eigenvalue weighted by Gasteiger charge is 2.30. The van der Waals surface area contributed by atoms with Gasteiger partial charge in [0.25, 0.3) is 5.91 Å². The fraction of sp³-hybridized carbons (Fsp3) is 0.158. The van der Waals surface area contributed by atoms with Crippen LogP contribution in [0, 0.1) is 6.92 Å². The molecule has 1 amide bonds. The second-order valence-electron chi connectivity index (χ2n) is 5.62. The van der Waals surface area contributed by atoms with Gasteiger partial charge in [-0.05, 0) is 42.4 Å². The third kappa shape index (κ3) is 4.61. The number of amides is 1. The van der Waals surface area contributed by atoms with Crippen LogP contribution in [0.25, 0.3) is 6.08 Å². The lowest BCUT2D eigenvalue weighted by molar-refractivity contribution is -0.129. The molecule has 1 unspecified atom stereocenters. The third-order valence-corrected chi connectivity index (χ3v) is 5.09. The number of nitrogens with one attached hydrogen (secondary N) is 2. The van der Waals surface area contributed by atoms with Crippen LogP contribution in [-0.2, 0) is 4.79 Å². The summed E-state index contributed by atoms with van der Waals surface area (Å²) in [6.45, 7) is 2.01. The maximum absolute atomic E-state index is 12.2. The van der Waals surface area contributed by atoms with Crippen molar-refractivity contribution in [2.24, 2.45) is 0 Å². The number of benzene rings is 2. The molecule has 0 aromatic heterocycles. The van der Waals surface area contributed by atoms with Crippen LogP contribution in [0.1, 0.15) is 11.1 Å². The highest BCUT2D eigenvalue weighted by Crippen LogP contribution is 2.25. The van der Waals surface area contributed by atoms with Crippen LogP contribution in [-0.4, -0.2) is 27.2 Å². The largest absolute Gasteiger partial charge is 0.331 e. The lowest BCUT2D eigenvalue weighted by Crippen LogP contribution is -2.48. The number of anilines is 1. The summed E-state index contributed by atoms with van der Waals surface area (Å²) in [7, 11) is 0.